The van der Waals surface area contributed by atoms with Gasteiger partial charge in [0, 0.05) is 10.5 Å². The highest BCUT2D eigenvalue weighted by atomic mass is 32.2. The normalized spacial score (nSPS) is 11.4. The second-order valence-electron chi connectivity index (χ2n) is 10.5. The first-order valence-electron chi connectivity index (χ1n) is 15.3. The molecular weight excluding hydrogens is 468 g/mol. The van der Waals surface area contributed by atoms with E-state index < -0.39 is 0 Å². The molecule has 0 bridgehead atoms. The minimum atomic E-state index is 0.0817. The summed E-state index contributed by atoms with van der Waals surface area (Å²) >= 11 is 1.95. The molecule has 0 aromatic heterocycles. The topological polar surface area (TPSA) is 17.1 Å². The number of rotatable bonds is 22. The maximum atomic E-state index is 12.6. The predicted octanol–water partition coefficient (Wildman–Crippen LogP) is 11.5. The summed E-state index contributed by atoms with van der Waals surface area (Å²) in [6.45, 7) is 4.51. The summed E-state index contributed by atoms with van der Waals surface area (Å²) in [5.41, 5.74) is 3.13. The van der Waals surface area contributed by atoms with Crippen LogP contribution in [0.25, 0.3) is 6.08 Å². The van der Waals surface area contributed by atoms with Crippen molar-refractivity contribution in [1.29, 1.82) is 0 Å². The third-order valence-electron chi connectivity index (χ3n) is 7.10. The zero-order valence-corrected chi connectivity index (χ0v) is 24.6. The van der Waals surface area contributed by atoms with Gasteiger partial charge in [-0.05, 0) is 60.4 Å². The molecule has 2 aromatic carbocycles. The lowest BCUT2D eigenvalue weighted by Crippen LogP contribution is -1.96. The van der Waals surface area contributed by atoms with Gasteiger partial charge in [0.15, 0.2) is 5.78 Å². The molecule has 0 heterocycles. The first-order valence-corrected chi connectivity index (χ1v) is 16.3. The number of aryl methyl sites for hydroxylation is 1. The van der Waals surface area contributed by atoms with E-state index in [1.54, 1.807) is 6.08 Å². The van der Waals surface area contributed by atoms with E-state index in [4.69, 9.17) is 0 Å². The summed E-state index contributed by atoms with van der Waals surface area (Å²) in [6, 6.07) is 16.7. The van der Waals surface area contributed by atoms with Crippen molar-refractivity contribution in [2.75, 3.05) is 5.75 Å². The van der Waals surface area contributed by atoms with Crippen LogP contribution in [-0.4, -0.2) is 11.5 Å². The predicted molar refractivity (Wildman–Crippen MR) is 166 cm³/mol. The van der Waals surface area contributed by atoms with Crippen molar-refractivity contribution in [3.05, 3.63) is 71.3 Å². The molecule has 0 aliphatic carbocycles. The van der Waals surface area contributed by atoms with Gasteiger partial charge in [0.25, 0.3) is 0 Å². The minimum absolute atomic E-state index is 0.0817. The molecule has 0 amide bonds. The summed E-state index contributed by atoms with van der Waals surface area (Å²) in [5, 5.41) is 0. The van der Waals surface area contributed by atoms with Gasteiger partial charge >= 0.3 is 0 Å². The highest BCUT2D eigenvalue weighted by molar-refractivity contribution is 7.99. The Hall–Kier alpha value is -1.80. The van der Waals surface area contributed by atoms with Gasteiger partial charge < -0.3 is 0 Å². The van der Waals surface area contributed by atoms with Gasteiger partial charge in [0.2, 0.25) is 0 Å². The van der Waals surface area contributed by atoms with Crippen molar-refractivity contribution in [2.24, 2.45) is 0 Å². The van der Waals surface area contributed by atoms with Crippen molar-refractivity contribution >= 4 is 23.6 Å². The number of thioether (sulfide) groups is 1. The van der Waals surface area contributed by atoms with E-state index in [2.05, 4.69) is 50.2 Å². The van der Waals surface area contributed by atoms with Crippen LogP contribution in [-0.2, 0) is 6.42 Å². The average Bonchev–Trinajstić information content (AvgIpc) is 2.93. The Morgan fingerprint density at radius 3 is 1.86 bits per heavy atom. The highest BCUT2D eigenvalue weighted by Gasteiger charge is 2.03. The van der Waals surface area contributed by atoms with Gasteiger partial charge in [0.1, 0.15) is 0 Å². The Morgan fingerprint density at radius 1 is 0.676 bits per heavy atom. The molecule has 0 unspecified atom stereocenters. The quantitative estimate of drug-likeness (QED) is 0.0664. The number of allylic oxidation sites excluding steroid dienone is 1. The molecule has 0 spiro atoms. The van der Waals surface area contributed by atoms with Crippen molar-refractivity contribution in [3.8, 4) is 0 Å². The number of hydrogen-bond donors (Lipinski definition) is 0. The van der Waals surface area contributed by atoms with Crippen molar-refractivity contribution in [3.63, 3.8) is 0 Å². The van der Waals surface area contributed by atoms with Crippen LogP contribution in [0.3, 0.4) is 0 Å². The minimum Gasteiger partial charge on any atom is -0.289 e. The molecular formula is C35H52OS. The third-order valence-corrected chi connectivity index (χ3v) is 8.20. The number of ketones is 1. The van der Waals surface area contributed by atoms with Gasteiger partial charge in [-0.25, -0.2) is 0 Å². The first kappa shape index (κ1) is 31.4. The van der Waals surface area contributed by atoms with Crippen LogP contribution in [0.4, 0.5) is 0 Å². The Morgan fingerprint density at radius 2 is 1.24 bits per heavy atom. The SMILES string of the molecule is CCCCCCCCCCCCCCCSc1ccc(C=CC(=O)c2cccc(CCCCC)c2)cc1. The Balaban J connectivity index is 1.55. The number of hydrogen-bond acceptors (Lipinski definition) is 2. The summed E-state index contributed by atoms with van der Waals surface area (Å²) in [7, 11) is 0. The lowest BCUT2D eigenvalue weighted by atomic mass is 10.0. The van der Waals surface area contributed by atoms with Crippen LogP contribution in [0.2, 0.25) is 0 Å². The smallest absolute Gasteiger partial charge is 0.185 e. The highest BCUT2D eigenvalue weighted by Crippen LogP contribution is 2.21. The standard InChI is InChI=1S/C35H52OS/c1-3-5-7-8-9-10-11-12-13-14-15-16-18-29-37-34-26-23-31(24-27-34)25-28-35(36)33-22-19-21-32(30-33)20-17-6-4-2/h19,21-28,30H,3-18,20,29H2,1-2H3. The molecule has 2 heteroatoms. The molecule has 1 nitrogen and oxygen atoms in total. The lowest BCUT2D eigenvalue weighted by Gasteiger charge is -2.04. The Labute approximate surface area is 232 Å². The first-order chi connectivity index (χ1) is 18.2. The number of unbranched alkanes of at least 4 members (excludes halogenated alkanes) is 14. The monoisotopic (exact) mass is 520 g/mol. The van der Waals surface area contributed by atoms with Crippen LogP contribution in [0.1, 0.15) is 138 Å². The lowest BCUT2D eigenvalue weighted by molar-refractivity contribution is 0.104. The fourth-order valence-electron chi connectivity index (χ4n) is 4.71. The maximum absolute atomic E-state index is 12.6. The Bertz CT molecular complexity index is 867. The van der Waals surface area contributed by atoms with Crippen LogP contribution in [0.5, 0.6) is 0 Å². The maximum Gasteiger partial charge on any atom is 0.185 e. The molecule has 37 heavy (non-hydrogen) atoms. The van der Waals surface area contributed by atoms with Gasteiger partial charge in [-0.2, -0.15) is 0 Å². The van der Waals surface area contributed by atoms with E-state index in [0.29, 0.717) is 0 Å². The van der Waals surface area contributed by atoms with Crippen LogP contribution in [0.15, 0.2) is 59.5 Å². The van der Waals surface area contributed by atoms with Crippen LogP contribution >= 0.6 is 11.8 Å². The molecule has 204 valence electrons. The largest absolute Gasteiger partial charge is 0.289 e. The van der Waals surface area contributed by atoms with Gasteiger partial charge in [-0.15, -0.1) is 11.8 Å². The summed E-state index contributed by atoms with van der Waals surface area (Å²) in [5.74, 6) is 1.28. The van der Waals surface area contributed by atoms with Gasteiger partial charge in [-0.3, -0.25) is 4.79 Å². The molecule has 0 atom stereocenters. The van der Waals surface area contributed by atoms with E-state index in [1.165, 1.54) is 119 Å². The van der Waals surface area contributed by atoms with Gasteiger partial charge in [0.05, 0.1) is 0 Å². The van der Waals surface area contributed by atoms with E-state index in [9.17, 15) is 4.79 Å². The number of carbonyl (C=O) groups excluding carboxylic acids is 1. The summed E-state index contributed by atoms with van der Waals surface area (Å²) in [6.07, 6.45) is 26.6. The van der Waals surface area contributed by atoms with Crippen LogP contribution < -0.4 is 0 Å². The van der Waals surface area contributed by atoms with E-state index in [0.717, 1.165) is 17.5 Å². The van der Waals surface area contributed by atoms with E-state index in [1.807, 2.05) is 30.0 Å². The van der Waals surface area contributed by atoms with Crippen LogP contribution in [0, 0.1) is 0 Å². The molecule has 0 fully saturated rings. The zero-order chi connectivity index (χ0) is 26.4. The molecule has 0 aliphatic heterocycles. The summed E-state index contributed by atoms with van der Waals surface area (Å²) in [4.78, 5) is 14.0. The van der Waals surface area contributed by atoms with Crippen molar-refractivity contribution < 1.29 is 4.79 Å². The van der Waals surface area contributed by atoms with E-state index in [-0.39, 0.29) is 5.78 Å². The molecule has 0 aliphatic rings. The third kappa shape index (κ3) is 15.3. The molecule has 2 aromatic rings. The molecule has 0 N–H and O–H groups in total. The van der Waals surface area contributed by atoms with Crippen molar-refractivity contribution in [2.45, 2.75) is 128 Å². The fourth-order valence-corrected chi connectivity index (χ4v) is 5.63. The summed E-state index contributed by atoms with van der Waals surface area (Å²) < 4.78 is 0. The average molecular weight is 521 g/mol. The number of benzene rings is 2. The fraction of sp³-hybridized carbons (Fsp3) is 0.571. The second kappa shape index (κ2) is 21.2. The van der Waals surface area contributed by atoms with E-state index >= 15 is 0 Å². The number of carbonyl (C=O) groups is 1. The Kier molecular flexibility index (Phi) is 18.0. The molecule has 0 radical (unpaired) electrons. The van der Waals surface area contributed by atoms with Gasteiger partial charge in [-0.1, -0.05) is 140 Å². The second-order valence-corrected chi connectivity index (χ2v) is 11.7. The van der Waals surface area contributed by atoms with Crippen molar-refractivity contribution in [1.82, 2.24) is 0 Å². The molecule has 0 saturated heterocycles. The molecule has 2 rings (SSSR count). The zero-order valence-electron chi connectivity index (χ0n) is 23.8. The molecule has 0 saturated carbocycles.